The Labute approximate surface area is 190 Å². The first-order chi connectivity index (χ1) is 15.6. The third-order valence-corrected chi connectivity index (χ3v) is 6.49. The van der Waals surface area contributed by atoms with Gasteiger partial charge in [0.05, 0.1) is 12.1 Å². The molecule has 3 amide bonds. The minimum atomic E-state index is -0.153. The number of rotatable bonds is 6. The van der Waals surface area contributed by atoms with E-state index in [4.69, 9.17) is 0 Å². The summed E-state index contributed by atoms with van der Waals surface area (Å²) < 4.78 is 0. The lowest BCUT2D eigenvalue weighted by Crippen LogP contribution is -2.42. The molecule has 3 heterocycles. The molecule has 0 atom stereocenters. The molecule has 2 N–H and O–H groups in total. The van der Waals surface area contributed by atoms with Gasteiger partial charge < -0.3 is 15.5 Å². The number of nitrogens with zero attached hydrogens (tertiary/aromatic N) is 3. The molecule has 0 saturated carbocycles. The number of benzene rings is 1. The van der Waals surface area contributed by atoms with Crippen molar-refractivity contribution in [3.8, 4) is 6.07 Å². The number of carbonyl (C=O) groups is 2. The largest absolute Gasteiger partial charge is 0.334 e. The number of anilines is 1. The van der Waals surface area contributed by atoms with Gasteiger partial charge in [-0.05, 0) is 35.6 Å². The van der Waals surface area contributed by atoms with Crippen molar-refractivity contribution in [2.75, 3.05) is 11.9 Å². The van der Waals surface area contributed by atoms with Crippen LogP contribution in [0, 0.1) is 11.3 Å². The number of hydrogen-bond donors (Lipinski definition) is 2. The third-order valence-electron chi connectivity index (χ3n) is 5.36. The van der Waals surface area contributed by atoms with E-state index in [9.17, 15) is 14.9 Å². The highest BCUT2D eigenvalue weighted by molar-refractivity contribution is 7.16. The molecule has 32 heavy (non-hydrogen) atoms. The van der Waals surface area contributed by atoms with Crippen LogP contribution < -0.4 is 10.6 Å². The van der Waals surface area contributed by atoms with Crippen molar-refractivity contribution in [1.29, 1.82) is 5.26 Å². The average molecular weight is 446 g/mol. The van der Waals surface area contributed by atoms with Crippen LogP contribution in [0.5, 0.6) is 0 Å². The number of urea groups is 1. The van der Waals surface area contributed by atoms with Crippen LogP contribution in [0.2, 0.25) is 0 Å². The van der Waals surface area contributed by atoms with Crippen LogP contribution >= 0.6 is 11.3 Å². The highest BCUT2D eigenvalue weighted by atomic mass is 32.1. The highest BCUT2D eigenvalue weighted by Gasteiger charge is 2.27. The minimum absolute atomic E-state index is 0.116. The normalized spacial score (nSPS) is 12.5. The van der Waals surface area contributed by atoms with Gasteiger partial charge in [0.25, 0.3) is 0 Å². The average Bonchev–Trinajstić information content (AvgIpc) is 3.18. The molecule has 7 nitrogen and oxygen atoms in total. The van der Waals surface area contributed by atoms with Crippen molar-refractivity contribution in [3.05, 3.63) is 82.0 Å². The number of thiophene rings is 1. The smallest absolute Gasteiger partial charge is 0.318 e. The first kappa shape index (κ1) is 21.5. The van der Waals surface area contributed by atoms with E-state index < -0.39 is 0 Å². The molecule has 1 aliphatic rings. The summed E-state index contributed by atoms with van der Waals surface area (Å²) >= 11 is 1.39. The van der Waals surface area contributed by atoms with Crippen molar-refractivity contribution in [2.24, 2.45) is 0 Å². The molecule has 0 saturated heterocycles. The molecule has 8 heteroatoms. The number of pyridine rings is 1. The van der Waals surface area contributed by atoms with E-state index in [2.05, 4.69) is 21.7 Å². The molecule has 3 aromatic rings. The molecular weight excluding hydrogens is 422 g/mol. The molecule has 0 radical (unpaired) electrons. The first-order valence-corrected chi connectivity index (χ1v) is 11.3. The Morgan fingerprint density at radius 1 is 1.16 bits per heavy atom. The molecule has 0 aliphatic carbocycles. The van der Waals surface area contributed by atoms with E-state index >= 15 is 0 Å². The third kappa shape index (κ3) is 5.13. The van der Waals surface area contributed by atoms with Crippen LogP contribution in [-0.2, 0) is 30.7 Å². The molecule has 4 rings (SSSR count). The van der Waals surface area contributed by atoms with Gasteiger partial charge in [0.15, 0.2) is 0 Å². The zero-order valence-electron chi connectivity index (χ0n) is 17.5. The number of fused-ring (bicyclic) bond motifs is 1. The second-order valence-corrected chi connectivity index (χ2v) is 8.65. The molecule has 2 aromatic heterocycles. The summed E-state index contributed by atoms with van der Waals surface area (Å²) in [5.74, 6) is -0.116. The van der Waals surface area contributed by atoms with Gasteiger partial charge in [-0.15, -0.1) is 11.3 Å². The number of aromatic nitrogens is 1. The topological polar surface area (TPSA) is 98.1 Å². The Kier molecular flexibility index (Phi) is 6.78. The van der Waals surface area contributed by atoms with Gasteiger partial charge >= 0.3 is 6.03 Å². The summed E-state index contributed by atoms with van der Waals surface area (Å²) in [6, 6.07) is 15.7. The van der Waals surface area contributed by atoms with E-state index in [0.29, 0.717) is 49.5 Å². The fraction of sp³-hybridized carbons (Fsp3) is 0.250. The fourth-order valence-electron chi connectivity index (χ4n) is 3.67. The molecule has 1 aliphatic heterocycles. The second-order valence-electron chi connectivity index (χ2n) is 7.55. The Morgan fingerprint density at radius 3 is 2.72 bits per heavy atom. The predicted octanol–water partition coefficient (Wildman–Crippen LogP) is 3.85. The van der Waals surface area contributed by atoms with Crippen molar-refractivity contribution in [1.82, 2.24) is 15.2 Å². The monoisotopic (exact) mass is 445 g/mol. The number of nitrogens with one attached hydrogen (secondary N) is 2. The summed E-state index contributed by atoms with van der Waals surface area (Å²) in [6.07, 6.45) is 5.00. The maximum Gasteiger partial charge on any atom is 0.318 e. The molecule has 162 valence electrons. The van der Waals surface area contributed by atoms with Gasteiger partial charge in [0.1, 0.15) is 11.1 Å². The van der Waals surface area contributed by atoms with Crippen molar-refractivity contribution < 1.29 is 9.59 Å². The van der Waals surface area contributed by atoms with Gasteiger partial charge in [-0.1, -0.05) is 36.4 Å². The van der Waals surface area contributed by atoms with Crippen LogP contribution in [0.1, 0.15) is 33.6 Å². The van der Waals surface area contributed by atoms with E-state index in [1.807, 2.05) is 42.5 Å². The minimum Gasteiger partial charge on any atom is -0.334 e. The van der Waals surface area contributed by atoms with Gasteiger partial charge in [-0.25, -0.2) is 4.79 Å². The maximum atomic E-state index is 12.6. The highest BCUT2D eigenvalue weighted by Crippen LogP contribution is 2.36. The van der Waals surface area contributed by atoms with Crippen molar-refractivity contribution >= 4 is 28.3 Å². The van der Waals surface area contributed by atoms with Gasteiger partial charge in [0, 0.05) is 36.8 Å². The van der Waals surface area contributed by atoms with Crippen LogP contribution in [0.25, 0.3) is 0 Å². The zero-order chi connectivity index (χ0) is 22.3. The number of nitriles is 1. The second kappa shape index (κ2) is 10.1. The van der Waals surface area contributed by atoms with E-state index in [1.54, 1.807) is 17.3 Å². The summed E-state index contributed by atoms with van der Waals surface area (Å²) in [5, 5.41) is 16.1. The zero-order valence-corrected chi connectivity index (χ0v) is 18.3. The number of aryl methyl sites for hydroxylation is 1. The summed E-state index contributed by atoms with van der Waals surface area (Å²) in [6.45, 7) is 1.36. The lowest BCUT2D eigenvalue weighted by Gasteiger charge is -2.27. The van der Waals surface area contributed by atoms with Crippen LogP contribution in [0.15, 0.2) is 54.9 Å². The van der Waals surface area contributed by atoms with Crippen molar-refractivity contribution in [2.45, 2.75) is 32.4 Å². The van der Waals surface area contributed by atoms with Crippen LogP contribution in [0.4, 0.5) is 9.80 Å². The van der Waals surface area contributed by atoms with E-state index in [0.717, 1.165) is 21.6 Å². The number of hydrogen-bond acceptors (Lipinski definition) is 5. The molecule has 1 aromatic carbocycles. The number of carbonyl (C=O) groups excluding carboxylic acids is 2. The molecule has 0 fully saturated rings. The van der Waals surface area contributed by atoms with Gasteiger partial charge in [-0.2, -0.15) is 5.26 Å². The fourth-order valence-corrected chi connectivity index (χ4v) is 4.90. The van der Waals surface area contributed by atoms with Gasteiger partial charge in [-0.3, -0.25) is 9.78 Å². The standard InChI is InChI=1S/C24H23N5O2S/c25-13-20-19-10-12-29(24(31)27-15-18-7-4-11-26-14-18)16-21(19)32-23(20)28-22(30)9-8-17-5-2-1-3-6-17/h1-7,11,14H,8-10,12,15-16H2,(H,27,31)(H,28,30). The Morgan fingerprint density at radius 2 is 1.97 bits per heavy atom. The first-order valence-electron chi connectivity index (χ1n) is 10.4. The summed E-state index contributed by atoms with van der Waals surface area (Å²) in [4.78, 5) is 31.8. The lowest BCUT2D eigenvalue weighted by atomic mass is 10.0. The molecule has 0 bridgehead atoms. The van der Waals surface area contributed by atoms with Crippen LogP contribution in [-0.4, -0.2) is 28.4 Å². The predicted molar refractivity (Wildman–Crippen MR) is 123 cm³/mol. The quantitative estimate of drug-likeness (QED) is 0.602. The molecule has 0 unspecified atom stereocenters. The summed E-state index contributed by atoms with van der Waals surface area (Å²) in [5.41, 5.74) is 3.49. The van der Waals surface area contributed by atoms with E-state index in [1.165, 1.54) is 11.3 Å². The number of amides is 3. The molecular formula is C24H23N5O2S. The van der Waals surface area contributed by atoms with Gasteiger partial charge in [0.2, 0.25) is 5.91 Å². The SMILES string of the molecule is N#Cc1c(NC(=O)CCc2ccccc2)sc2c1CCN(C(=O)NCc1cccnc1)C2. The molecule has 0 spiro atoms. The van der Waals surface area contributed by atoms with Crippen LogP contribution in [0.3, 0.4) is 0 Å². The Balaban J connectivity index is 1.37. The lowest BCUT2D eigenvalue weighted by molar-refractivity contribution is -0.116. The maximum absolute atomic E-state index is 12.6. The summed E-state index contributed by atoms with van der Waals surface area (Å²) in [7, 11) is 0. The van der Waals surface area contributed by atoms with E-state index in [-0.39, 0.29) is 11.9 Å². The Hall–Kier alpha value is -3.70. The Bertz CT molecular complexity index is 1140. The van der Waals surface area contributed by atoms with Crippen molar-refractivity contribution in [3.63, 3.8) is 0 Å².